The Bertz CT molecular complexity index is 520. The van der Waals surface area contributed by atoms with Crippen LogP contribution in [-0.4, -0.2) is 38.6 Å². The van der Waals surface area contributed by atoms with Crippen LogP contribution < -0.4 is 11.2 Å². The zero-order chi connectivity index (χ0) is 12.6. The van der Waals surface area contributed by atoms with Crippen molar-refractivity contribution in [3.05, 3.63) is 32.6 Å². The first-order valence-electron chi connectivity index (χ1n) is 5.27. The molecule has 0 radical (unpaired) electrons. The smallest absolute Gasteiger partial charge is 0.328 e. The van der Waals surface area contributed by atoms with E-state index < -0.39 is 29.6 Å². The fourth-order valence-electron chi connectivity index (χ4n) is 1.91. The number of hydrogen-bond donors (Lipinski definition) is 3. The van der Waals surface area contributed by atoms with Gasteiger partial charge in [0.05, 0.1) is 24.4 Å². The third-order valence-corrected chi connectivity index (χ3v) is 2.89. The Morgan fingerprint density at radius 2 is 2.29 bits per heavy atom. The first kappa shape index (κ1) is 12.0. The van der Waals surface area contributed by atoms with Gasteiger partial charge in [-0.25, -0.2) is 4.79 Å². The second kappa shape index (κ2) is 4.44. The molecule has 7 nitrogen and oxygen atoms in total. The second-order valence-corrected chi connectivity index (χ2v) is 4.10. The molecule has 0 saturated carbocycles. The lowest BCUT2D eigenvalue weighted by Crippen LogP contribution is -2.31. The molecule has 0 aromatic carbocycles. The van der Waals surface area contributed by atoms with Gasteiger partial charge in [0.15, 0.2) is 0 Å². The number of nitrogens with one attached hydrogen (secondary N) is 1. The molecule has 1 aromatic rings. The number of aliphatic hydroxyl groups excluding tert-OH is 2. The van der Waals surface area contributed by atoms with Crippen LogP contribution in [-0.2, 0) is 11.8 Å². The van der Waals surface area contributed by atoms with Gasteiger partial charge in [-0.3, -0.25) is 9.78 Å². The van der Waals surface area contributed by atoms with E-state index in [1.807, 2.05) is 0 Å². The summed E-state index contributed by atoms with van der Waals surface area (Å²) in [4.78, 5) is 24.9. The third kappa shape index (κ3) is 2.17. The molecule has 1 aliphatic heterocycles. The molecule has 0 amide bonds. The lowest BCUT2D eigenvalue weighted by Gasteiger charge is -2.12. The van der Waals surface area contributed by atoms with E-state index >= 15 is 0 Å². The van der Waals surface area contributed by atoms with Crippen molar-refractivity contribution in [2.45, 2.75) is 24.7 Å². The van der Waals surface area contributed by atoms with Crippen LogP contribution in [0.3, 0.4) is 0 Å². The van der Waals surface area contributed by atoms with Crippen LogP contribution in [0.5, 0.6) is 0 Å². The predicted octanol–water partition coefficient (Wildman–Crippen LogP) is -1.74. The van der Waals surface area contributed by atoms with E-state index in [2.05, 4.69) is 4.98 Å². The van der Waals surface area contributed by atoms with E-state index in [4.69, 9.17) is 9.84 Å². The van der Waals surface area contributed by atoms with E-state index in [9.17, 15) is 14.7 Å². The van der Waals surface area contributed by atoms with Crippen molar-refractivity contribution >= 4 is 0 Å². The lowest BCUT2D eigenvalue weighted by atomic mass is 10.1. The van der Waals surface area contributed by atoms with Gasteiger partial charge in [0.2, 0.25) is 0 Å². The van der Waals surface area contributed by atoms with Gasteiger partial charge in [0.25, 0.3) is 5.56 Å². The van der Waals surface area contributed by atoms with E-state index in [0.29, 0.717) is 0 Å². The molecule has 7 heteroatoms. The molecule has 2 heterocycles. The highest BCUT2D eigenvalue weighted by atomic mass is 16.5. The van der Waals surface area contributed by atoms with Crippen LogP contribution in [0.2, 0.25) is 0 Å². The predicted molar refractivity (Wildman–Crippen MR) is 57.6 cm³/mol. The summed E-state index contributed by atoms with van der Waals surface area (Å²) in [6, 6.07) is 0. The quantitative estimate of drug-likeness (QED) is 0.571. The highest BCUT2D eigenvalue weighted by Gasteiger charge is 2.35. The minimum atomic E-state index is -0.804. The normalized spacial score (nSPS) is 28.5. The number of H-pyrrole nitrogens is 1. The summed E-state index contributed by atoms with van der Waals surface area (Å²) in [6.07, 6.45) is -0.471. The molecule has 3 atom stereocenters. The second-order valence-electron chi connectivity index (χ2n) is 4.10. The van der Waals surface area contributed by atoms with Crippen molar-refractivity contribution in [2.24, 2.45) is 7.05 Å². The van der Waals surface area contributed by atoms with E-state index in [-0.39, 0.29) is 18.6 Å². The van der Waals surface area contributed by atoms with Crippen molar-refractivity contribution in [1.82, 2.24) is 9.55 Å². The zero-order valence-electron chi connectivity index (χ0n) is 9.29. The molecule has 1 aliphatic rings. The van der Waals surface area contributed by atoms with E-state index in [0.717, 1.165) is 0 Å². The first-order chi connectivity index (χ1) is 8.02. The molecular formula is C10H14N2O5. The molecule has 0 aliphatic carbocycles. The van der Waals surface area contributed by atoms with E-state index in [1.165, 1.54) is 17.8 Å². The van der Waals surface area contributed by atoms with Crippen molar-refractivity contribution < 1.29 is 14.9 Å². The van der Waals surface area contributed by atoms with Gasteiger partial charge < -0.3 is 19.5 Å². The number of aryl methyl sites for hydroxylation is 1. The Morgan fingerprint density at radius 3 is 2.88 bits per heavy atom. The molecule has 1 aromatic heterocycles. The van der Waals surface area contributed by atoms with E-state index in [1.54, 1.807) is 0 Å². The maximum Gasteiger partial charge on any atom is 0.328 e. The van der Waals surface area contributed by atoms with Crippen LogP contribution in [0, 0.1) is 0 Å². The SMILES string of the molecule is Cn1cc([C@H]2C[C@@H](O)[C@@H](CO)O2)c(=O)[nH]c1=O. The van der Waals surface area contributed by atoms with Gasteiger partial charge in [-0.15, -0.1) is 0 Å². The fraction of sp³-hybridized carbons (Fsp3) is 0.600. The number of ether oxygens (including phenoxy) is 1. The number of nitrogens with zero attached hydrogens (tertiary/aromatic N) is 1. The Kier molecular flexibility index (Phi) is 3.14. The molecule has 1 saturated heterocycles. The van der Waals surface area contributed by atoms with Crippen molar-refractivity contribution in [1.29, 1.82) is 0 Å². The van der Waals surface area contributed by atoms with Gasteiger partial charge >= 0.3 is 5.69 Å². The van der Waals surface area contributed by atoms with Gasteiger partial charge in [-0.05, 0) is 0 Å². The topological polar surface area (TPSA) is 105 Å². The van der Waals surface area contributed by atoms with Gasteiger partial charge in [-0.1, -0.05) is 0 Å². The minimum absolute atomic E-state index is 0.229. The Labute approximate surface area is 96.3 Å². The monoisotopic (exact) mass is 242 g/mol. The number of aromatic amines is 1. The molecule has 2 rings (SSSR count). The molecule has 0 unspecified atom stereocenters. The Hall–Kier alpha value is -1.44. The maximum atomic E-state index is 11.6. The van der Waals surface area contributed by atoms with Crippen molar-refractivity contribution in [3.8, 4) is 0 Å². The average molecular weight is 242 g/mol. The molecular weight excluding hydrogens is 228 g/mol. The van der Waals surface area contributed by atoms with Crippen LogP contribution >= 0.6 is 0 Å². The average Bonchev–Trinajstić information content (AvgIpc) is 2.65. The van der Waals surface area contributed by atoms with Crippen LogP contribution in [0.25, 0.3) is 0 Å². The Morgan fingerprint density at radius 1 is 1.59 bits per heavy atom. The van der Waals surface area contributed by atoms with Crippen molar-refractivity contribution in [3.63, 3.8) is 0 Å². The first-order valence-corrected chi connectivity index (χ1v) is 5.27. The summed E-state index contributed by atoms with van der Waals surface area (Å²) < 4.78 is 6.58. The number of aliphatic hydroxyl groups is 2. The van der Waals surface area contributed by atoms with Gasteiger partial charge in [0.1, 0.15) is 6.10 Å². The highest BCUT2D eigenvalue weighted by Crippen LogP contribution is 2.30. The van der Waals surface area contributed by atoms with Gasteiger partial charge in [0, 0.05) is 19.7 Å². The Balaban J connectivity index is 2.34. The van der Waals surface area contributed by atoms with Crippen molar-refractivity contribution in [2.75, 3.05) is 6.61 Å². The van der Waals surface area contributed by atoms with Crippen LogP contribution in [0.1, 0.15) is 18.1 Å². The maximum absolute atomic E-state index is 11.6. The fourth-order valence-corrected chi connectivity index (χ4v) is 1.91. The van der Waals surface area contributed by atoms with Gasteiger partial charge in [-0.2, -0.15) is 0 Å². The minimum Gasteiger partial charge on any atom is -0.394 e. The largest absolute Gasteiger partial charge is 0.394 e. The summed E-state index contributed by atoms with van der Waals surface area (Å²) in [7, 11) is 1.51. The van der Waals surface area contributed by atoms with Crippen LogP contribution in [0.4, 0.5) is 0 Å². The summed E-state index contributed by atoms with van der Waals surface area (Å²) in [5, 5.41) is 18.5. The van der Waals surface area contributed by atoms with Crippen LogP contribution in [0.15, 0.2) is 15.8 Å². The molecule has 94 valence electrons. The number of aromatic nitrogens is 2. The number of hydrogen-bond acceptors (Lipinski definition) is 5. The summed E-state index contributed by atoms with van der Waals surface area (Å²) >= 11 is 0. The molecule has 3 N–H and O–H groups in total. The highest BCUT2D eigenvalue weighted by molar-refractivity contribution is 5.11. The molecule has 0 spiro atoms. The summed E-state index contributed by atoms with van der Waals surface area (Å²) in [5.41, 5.74) is -0.748. The standard InChI is InChI=1S/C10H14N2O5/c1-12-3-5(9(15)11-10(12)16)7-2-6(14)8(4-13)17-7/h3,6-8,13-14H,2,4H2,1H3,(H,11,15,16)/t6-,7-,8-/m1/s1. The summed E-state index contributed by atoms with van der Waals surface area (Å²) in [5.74, 6) is 0. The lowest BCUT2D eigenvalue weighted by molar-refractivity contribution is -0.0230. The zero-order valence-corrected chi connectivity index (χ0v) is 9.29. The summed E-state index contributed by atoms with van der Waals surface area (Å²) in [6.45, 7) is -0.304. The molecule has 0 bridgehead atoms. The molecule has 17 heavy (non-hydrogen) atoms. The number of rotatable bonds is 2. The third-order valence-electron chi connectivity index (χ3n) is 2.89. The molecule has 1 fully saturated rings.